The molecule has 4 heteroatoms. The summed E-state index contributed by atoms with van der Waals surface area (Å²) in [4.78, 5) is 20.9. The first-order valence-corrected chi connectivity index (χ1v) is 4.18. The van der Waals surface area contributed by atoms with Crippen LogP contribution in [-0.4, -0.2) is 22.2 Å². The van der Waals surface area contributed by atoms with Gasteiger partial charge in [0.05, 0.1) is 11.1 Å². The minimum Gasteiger partial charge on any atom is -0.478 e. The number of hydrogen-bond donors (Lipinski definition) is 2. The third-order valence-corrected chi connectivity index (χ3v) is 1.39. The monoisotopic (exact) mass is 196 g/mol. The molecule has 14 heavy (non-hydrogen) atoms. The predicted octanol–water partition coefficient (Wildman–Crippen LogP) is 2.11. The van der Waals surface area contributed by atoms with E-state index in [1.807, 2.05) is 13.8 Å². The fraction of sp³-hybridized carbons (Fsp3) is 0.200. The topological polar surface area (TPSA) is 74.6 Å². The lowest BCUT2D eigenvalue weighted by Crippen LogP contribution is -2.06. The highest BCUT2D eigenvalue weighted by Crippen LogP contribution is 2.07. The van der Waals surface area contributed by atoms with Crippen LogP contribution in [-0.2, 0) is 0 Å². The van der Waals surface area contributed by atoms with E-state index in [0.29, 0.717) is 0 Å². The molecule has 0 unspecified atom stereocenters. The fourth-order valence-corrected chi connectivity index (χ4v) is 0.856. The summed E-state index contributed by atoms with van der Waals surface area (Å²) in [6.07, 6.45) is 0. The van der Waals surface area contributed by atoms with Crippen molar-refractivity contribution in [2.45, 2.75) is 13.8 Å². The quantitative estimate of drug-likeness (QED) is 0.759. The van der Waals surface area contributed by atoms with E-state index in [0.717, 1.165) is 0 Å². The van der Waals surface area contributed by atoms with E-state index in [1.165, 1.54) is 24.3 Å². The second kappa shape index (κ2) is 5.75. The lowest BCUT2D eigenvalue weighted by atomic mass is 10.1. The van der Waals surface area contributed by atoms with Crippen LogP contribution in [0.3, 0.4) is 0 Å². The molecule has 1 aromatic carbocycles. The van der Waals surface area contributed by atoms with Gasteiger partial charge in [0.1, 0.15) is 0 Å². The van der Waals surface area contributed by atoms with E-state index in [9.17, 15) is 9.59 Å². The van der Waals surface area contributed by atoms with Gasteiger partial charge in [0, 0.05) is 0 Å². The van der Waals surface area contributed by atoms with Crippen molar-refractivity contribution >= 4 is 11.9 Å². The molecule has 0 fully saturated rings. The van der Waals surface area contributed by atoms with Crippen molar-refractivity contribution in [1.82, 2.24) is 0 Å². The summed E-state index contributed by atoms with van der Waals surface area (Å²) < 4.78 is 0. The molecule has 0 aromatic heterocycles. The Morgan fingerprint density at radius 2 is 1.21 bits per heavy atom. The molecule has 1 aromatic rings. The van der Waals surface area contributed by atoms with E-state index in [4.69, 9.17) is 10.2 Å². The summed E-state index contributed by atoms with van der Waals surface area (Å²) in [5, 5.41) is 17.1. The first-order chi connectivity index (χ1) is 6.63. The molecule has 76 valence electrons. The molecule has 0 amide bonds. The summed E-state index contributed by atoms with van der Waals surface area (Å²) in [5.41, 5.74) is -0.380. The number of hydrogen-bond acceptors (Lipinski definition) is 2. The molecule has 0 aliphatic heterocycles. The average molecular weight is 196 g/mol. The largest absolute Gasteiger partial charge is 0.478 e. The normalized spacial score (nSPS) is 8.43. The molecule has 0 aliphatic carbocycles. The van der Waals surface area contributed by atoms with E-state index in [1.54, 1.807) is 0 Å². The second-order valence-electron chi connectivity index (χ2n) is 2.16. The number of aromatic carboxylic acids is 2. The van der Waals surface area contributed by atoms with Crippen LogP contribution in [0.4, 0.5) is 0 Å². The zero-order valence-electron chi connectivity index (χ0n) is 8.02. The van der Waals surface area contributed by atoms with Gasteiger partial charge in [-0.2, -0.15) is 0 Å². The molecule has 0 atom stereocenters. The molecule has 0 spiro atoms. The SMILES string of the molecule is CC.O=C(O)c1ccccc1C(=O)O. The van der Waals surface area contributed by atoms with Crippen LogP contribution in [0.1, 0.15) is 34.6 Å². The molecule has 2 N–H and O–H groups in total. The smallest absolute Gasteiger partial charge is 0.336 e. The average Bonchev–Trinajstić information content (AvgIpc) is 2.20. The first kappa shape index (κ1) is 12.2. The Bertz CT molecular complexity index is 298. The zero-order valence-corrected chi connectivity index (χ0v) is 8.02. The van der Waals surface area contributed by atoms with Crippen LogP contribution in [0.2, 0.25) is 0 Å². The molecule has 0 saturated heterocycles. The highest BCUT2D eigenvalue weighted by Gasteiger charge is 2.13. The zero-order chi connectivity index (χ0) is 11.1. The Morgan fingerprint density at radius 3 is 1.43 bits per heavy atom. The Labute approximate surface area is 81.8 Å². The van der Waals surface area contributed by atoms with E-state index < -0.39 is 11.9 Å². The van der Waals surface area contributed by atoms with E-state index >= 15 is 0 Å². The van der Waals surface area contributed by atoms with Gasteiger partial charge in [-0.05, 0) is 12.1 Å². The third kappa shape index (κ3) is 2.90. The van der Waals surface area contributed by atoms with Gasteiger partial charge in [0.25, 0.3) is 0 Å². The summed E-state index contributed by atoms with van der Waals surface area (Å²) in [6, 6.07) is 5.48. The van der Waals surface area contributed by atoms with Gasteiger partial charge >= 0.3 is 11.9 Å². The maximum atomic E-state index is 10.5. The Kier molecular flexibility index (Phi) is 4.99. The van der Waals surface area contributed by atoms with Crippen molar-refractivity contribution in [3.63, 3.8) is 0 Å². The molecule has 0 aliphatic rings. The Morgan fingerprint density at radius 1 is 0.929 bits per heavy atom. The molecular weight excluding hydrogens is 184 g/mol. The molecule has 0 radical (unpaired) electrons. The van der Waals surface area contributed by atoms with Gasteiger partial charge in [-0.3, -0.25) is 0 Å². The minimum absolute atomic E-state index is 0.190. The molecule has 0 bridgehead atoms. The van der Waals surface area contributed by atoms with Gasteiger partial charge in [-0.15, -0.1) is 0 Å². The lowest BCUT2D eigenvalue weighted by molar-refractivity contribution is 0.0651. The number of carboxylic acid groups (broad SMARTS) is 2. The van der Waals surface area contributed by atoms with Gasteiger partial charge in [-0.25, -0.2) is 9.59 Å². The number of carboxylic acids is 2. The minimum atomic E-state index is -1.23. The highest BCUT2D eigenvalue weighted by atomic mass is 16.4. The van der Waals surface area contributed by atoms with Crippen LogP contribution in [0.15, 0.2) is 24.3 Å². The van der Waals surface area contributed by atoms with Crippen molar-refractivity contribution < 1.29 is 19.8 Å². The van der Waals surface area contributed by atoms with Crippen LogP contribution in [0, 0.1) is 0 Å². The van der Waals surface area contributed by atoms with Crippen LogP contribution >= 0.6 is 0 Å². The molecular formula is C10H12O4. The van der Waals surface area contributed by atoms with Gasteiger partial charge in [0.15, 0.2) is 0 Å². The van der Waals surface area contributed by atoms with Crippen molar-refractivity contribution in [2.75, 3.05) is 0 Å². The molecule has 1 rings (SSSR count). The summed E-state index contributed by atoms with van der Waals surface area (Å²) >= 11 is 0. The number of benzene rings is 1. The predicted molar refractivity (Wildman–Crippen MR) is 51.7 cm³/mol. The lowest BCUT2D eigenvalue weighted by Gasteiger charge is -1.98. The Hall–Kier alpha value is -1.84. The van der Waals surface area contributed by atoms with Crippen LogP contribution in [0.5, 0.6) is 0 Å². The van der Waals surface area contributed by atoms with Crippen molar-refractivity contribution in [2.24, 2.45) is 0 Å². The highest BCUT2D eigenvalue weighted by molar-refractivity contribution is 6.01. The fourth-order valence-electron chi connectivity index (χ4n) is 0.856. The van der Waals surface area contributed by atoms with Gasteiger partial charge < -0.3 is 10.2 Å². The van der Waals surface area contributed by atoms with Crippen LogP contribution in [0.25, 0.3) is 0 Å². The van der Waals surface area contributed by atoms with Crippen LogP contribution < -0.4 is 0 Å². The number of rotatable bonds is 2. The maximum Gasteiger partial charge on any atom is 0.336 e. The maximum absolute atomic E-state index is 10.5. The standard InChI is InChI=1S/C8H6O4.C2H6/c9-7(10)5-3-1-2-4-6(5)8(11)12;1-2/h1-4H,(H,9,10)(H,11,12);1-2H3. The molecule has 0 saturated carbocycles. The summed E-state index contributed by atoms with van der Waals surface area (Å²) in [7, 11) is 0. The second-order valence-corrected chi connectivity index (χ2v) is 2.16. The molecule has 4 nitrogen and oxygen atoms in total. The van der Waals surface area contributed by atoms with Gasteiger partial charge in [-0.1, -0.05) is 26.0 Å². The van der Waals surface area contributed by atoms with Crippen molar-refractivity contribution in [3.05, 3.63) is 35.4 Å². The molecule has 0 heterocycles. The van der Waals surface area contributed by atoms with Gasteiger partial charge in [0.2, 0.25) is 0 Å². The van der Waals surface area contributed by atoms with Crippen molar-refractivity contribution in [1.29, 1.82) is 0 Å². The third-order valence-electron chi connectivity index (χ3n) is 1.39. The number of carbonyl (C=O) groups is 2. The Balaban J connectivity index is 0.000000791. The summed E-state index contributed by atoms with van der Waals surface area (Å²) in [6.45, 7) is 4.00. The van der Waals surface area contributed by atoms with Crippen molar-refractivity contribution in [3.8, 4) is 0 Å². The first-order valence-electron chi connectivity index (χ1n) is 4.18. The van der Waals surface area contributed by atoms with E-state index in [-0.39, 0.29) is 11.1 Å². The summed E-state index contributed by atoms with van der Waals surface area (Å²) in [5.74, 6) is -2.46. The van der Waals surface area contributed by atoms with E-state index in [2.05, 4.69) is 0 Å².